The normalized spacial score (nSPS) is 20.3. The molecule has 2 saturated heterocycles. The van der Waals surface area contributed by atoms with Crippen LogP contribution in [0.15, 0.2) is 42.7 Å². The standard InChI is InChI=1S/C25H27F2N5O3/c1-30-11-7-25(8-12-30,24(34)35)29-23(33)19-15-28-32-10-6-17(14-22(19)32)31-9-2-3-21(31)18-13-16(26)4-5-20(18)27/h4-6,10,13-15,21H,2-3,7-9,11-12H2,1H3,(H,29,33)(H,34,35)/t21-/m1/s1. The molecular formula is C25H27F2N5O3. The first-order chi connectivity index (χ1) is 16.8. The smallest absolute Gasteiger partial charge is 0.329 e. The van der Waals surface area contributed by atoms with Gasteiger partial charge in [-0.25, -0.2) is 18.1 Å². The maximum absolute atomic E-state index is 14.5. The lowest BCUT2D eigenvalue weighted by molar-refractivity contribution is -0.146. The average Bonchev–Trinajstić information content (AvgIpc) is 3.49. The van der Waals surface area contributed by atoms with E-state index in [4.69, 9.17) is 0 Å². The monoisotopic (exact) mass is 483 g/mol. The molecule has 2 aliphatic heterocycles. The van der Waals surface area contributed by atoms with E-state index in [1.807, 2.05) is 22.9 Å². The van der Waals surface area contributed by atoms with Gasteiger partial charge in [0.2, 0.25) is 0 Å². The van der Waals surface area contributed by atoms with E-state index in [1.165, 1.54) is 12.3 Å². The Kier molecular flexibility index (Phi) is 5.92. The molecule has 3 aromatic rings. The fraction of sp³-hybridized carbons (Fsp3) is 0.400. The number of anilines is 1. The zero-order valence-electron chi connectivity index (χ0n) is 19.4. The molecule has 4 heterocycles. The molecular weight excluding hydrogens is 456 g/mol. The molecule has 0 unspecified atom stereocenters. The number of fused-ring (bicyclic) bond motifs is 1. The lowest BCUT2D eigenvalue weighted by Crippen LogP contribution is -2.59. The number of hydrogen-bond acceptors (Lipinski definition) is 5. The van der Waals surface area contributed by atoms with Crippen molar-refractivity contribution in [3.05, 3.63) is 65.5 Å². The third kappa shape index (κ3) is 4.22. The predicted octanol–water partition coefficient (Wildman–Crippen LogP) is 3.23. The van der Waals surface area contributed by atoms with Gasteiger partial charge in [-0.1, -0.05) is 0 Å². The van der Waals surface area contributed by atoms with E-state index < -0.39 is 29.0 Å². The van der Waals surface area contributed by atoms with Crippen molar-refractivity contribution < 1.29 is 23.5 Å². The topological polar surface area (TPSA) is 90.2 Å². The average molecular weight is 484 g/mol. The van der Waals surface area contributed by atoms with Crippen LogP contribution in [0.4, 0.5) is 14.5 Å². The van der Waals surface area contributed by atoms with E-state index >= 15 is 0 Å². The van der Waals surface area contributed by atoms with Crippen LogP contribution in [0.5, 0.6) is 0 Å². The molecule has 1 atom stereocenters. The van der Waals surface area contributed by atoms with Crippen molar-refractivity contribution in [1.82, 2.24) is 19.8 Å². The Morgan fingerprint density at radius 3 is 2.66 bits per heavy atom. The van der Waals surface area contributed by atoms with Crippen molar-refractivity contribution in [1.29, 1.82) is 0 Å². The highest BCUT2D eigenvalue weighted by molar-refractivity contribution is 6.03. The van der Waals surface area contributed by atoms with Gasteiger partial charge in [-0.05, 0) is 63.1 Å². The second-order valence-corrected chi connectivity index (χ2v) is 9.43. The van der Waals surface area contributed by atoms with Gasteiger partial charge in [0.25, 0.3) is 5.91 Å². The molecule has 0 spiro atoms. The van der Waals surface area contributed by atoms with Crippen LogP contribution >= 0.6 is 0 Å². The highest BCUT2D eigenvalue weighted by Gasteiger charge is 2.42. The van der Waals surface area contributed by atoms with Gasteiger partial charge >= 0.3 is 5.97 Å². The zero-order valence-corrected chi connectivity index (χ0v) is 19.4. The first-order valence-corrected chi connectivity index (χ1v) is 11.7. The number of halogens is 2. The third-order valence-corrected chi connectivity index (χ3v) is 7.25. The van der Waals surface area contributed by atoms with Crippen molar-refractivity contribution in [3.63, 3.8) is 0 Å². The van der Waals surface area contributed by atoms with Gasteiger partial charge in [0.15, 0.2) is 0 Å². The molecule has 2 N–H and O–H groups in total. The molecule has 0 saturated carbocycles. The number of amides is 1. The summed E-state index contributed by atoms with van der Waals surface area (Å²) >= 11 is 0. The summed E-state index contributed by atoms with van der Waals surface area (Å²) in [5.41, 5.74) is 0.507. The lowest BCUT2D eigenvalue weighted by atomic mass is 9.87. The van der Waals surface area contributed by atoms with E-state index in [0.717, 1.165) is 24.2 Å². The van der Waals surface area contributed by atoms with E-state index in [0.29, 0.717) is 50.0 Å². The fourth-order valence-electron chi connectivity index (χ4n) is 5.17. The van der Waals surface area contributed by atoms with Gasteiger partial charge in [-0.15, -0.1) is 0 Å². The Labute approximate surface area is 201 Å². The van der Waals surface area contributed by atoms with Crippen molar-refractivity contribution in [3.8, 4) is 0 Å². The number of carboxylic acids is 1. The van der Waals surface area contributed by atoms with Crippen LogP contribution in [-0.2, 0) is 4.79 Å². The van der Waals surface area contributed by atoms with Crippen molar-refractivity contribution in [2.24, 2.45) is 0 Å². The molecule has 0 bridgehead atoms. The largest absolute Gasteiger partial charge is 0.480 e. The Balaban J connectivity index is 1.45. The summed E-state index contributed by atoms with van der Waals surface area (Å²) in [6.45, 7) is 1.79. The van der Waals surface area contributed by atoms with E-state index in [-0.39, 0.29) is 11.6 Å². The SMILES string of the molecule is CN1CCC(NC(=O)c2cnn3ccc(N4CCC[C@@H]4c4cc(F)ccc4F)cc23)(C(=O)O)CC1. The summed E-state index contributed by atoms with van der Waals surface area (Å²) in [4.78, 5) is 29.4. The van der Waals surface area contributed by atoms with E-state index in [2.05, 4.69) is 10.4 Å². The summed E-state index contributed by atoms with van der Waals surface area (Å²) in [6.07, 6.45) is 5.24. The Morgan fingerprint density at radius 1 is 1.14 bits per heavy atom. The Morgan fingerprint density at radius 2 is 1.91 bits per heavy atom. The number of nitrogens with one attached hydrogen (secondary N) is 1. The first kappa shape index (κ1) is 23.2. The molecule has 8 nitrogen and oxygen atoms in total. The molecule has 2 aliphatic rings. The molecule has 184 valence electrons. The first-order valence-electron chi connectivity index (χ1n) is 11.7. The molecule has 5 rings (SSSR count). The number of carbonyl (C=O) groups excluding carboxylic acids is 1. The minimum absolute atomic E-state index is 0.263. The number of pyridine rings is 1. The lowest BCUT2D eigenvalue weighted by Gasteiger charge is -2.37. The molecule has 10 heteroatoms. The highest BCUT2D eigenvalue weighted by atomic mass is 19.1. The summed E-state index contributed by atoms with van der Waals surface area (Å²) in [5, 5.41) is 16.9. The maximum atomic E-state index is 14.5. The van der Waals surface area contributed by atoms with Crippen LogP contribution in [0.2, 0.25) is 0 Å². The summed E-state index contributed by atoms with van der Waals surface area (Å²) in [5.74, 6) is -2.49. The summed E-state index contributed by atoms with van der Waals surface area (Å²) in [6, 6.07) is 6.78. The number of carboxylic acid groups (broad SMARTS) is 1. The van der Waals surface area contributed by atoms with Gasteiger partial charge in [0.1, 0.15) is 17.2 Å². The number of carbonyl (C=O) groups is 2. The van der Waals surface area contributed by atoms with Gasteiger partial charge in [0, 0.05) is 37.1 Å². The third-order valence-electron chi connectivity index (χ3n) is 7.25. The van der Waals surface area contributed by atoms with Crippen LogP contribution in [0, 0.1) is 11.6 Å². The Hall–Kier alpha value is -3.53. The van der Waals surface area contributed by atoms with Gasteiger partial charge in [-0.2, -0.15) is 5.10 Å². The summed E-state index contributed by atoms with van der Waals surface area (Å²) in [7, 11) is 1.92. The van der Waals surface area contributed by atoms with Crippen LogP contribution in [0.3, 0.4) is 0 Å². The molecule has 0 aliphatic carbocycles. The molecule has 2 fully saturated rings. The van der Waals surface area contributed by atoms with Gasteiger partial charge in [0.05, 0.1) is 23.3 Å². The van der Waals surface area contributed by atoms with Gasteiger partial charge in [-0.3, -0.25) is 4.79 Å². The number of nitrogens with zero attached hydrogens (tertiary/aromatic N) is 4. The minimum atomic E-state index is -1.33. The van der Waals surface area contributed by atoms with Crippen molar-refractivity contribution in [2.75, 3.05) is 31.6 Å². The number of aromatic nitrogens is 2. The molecule has 35 heavy (non-hydrogen) atoms. The Bertz CT molecular complexity index is 1290. The predicted molar refractivity (Wildman–Crippen MR) is 125 cm³/mol. The van der Waals surface area contributed by atoms with Gasteiger partial charge < -0.3 is 20.2 Å². The highest BCUT2D eigenvalue weighted by Crippen LogP contribution is 2.38. The molecule has 1 amide bonds. The number of piperidine rings is 1. The zero-order chi connectivity index (χ0) is 24.7. The number of likely N-dealkylation sites (tertiary alicyclic amines) is 1. The van der Waals surface area contributed by atoms with E-state index in [1.54, 1.807) is 16.8 Å². The second-order valence-electron chi connectivity index (χ2n) is 9.43. The number of benzene rings is 1. The van der Waals surface area contributed by atoms with E-state index in [9.17, 15) is 23.5 Å². The minimum Gasteiger partial charge on any atom is -0.480 e. The van der Waals surface area contributed by atoms with Crippen LogP contribution in [0.1, 0.15) is 47.6 Å². The second kappa shape index (κ2) is 8.92. The fourth-order valence-corrected chi connectivity index (χ4v) is 5.17. The van der Waals surface area contributed by atoms with Crippen LogP contribution < -0.4 is 10.2 Å². The van der Waals surface area contributed by atoms with Crippen molar-refractivity contribution in [2.45, 2.75) is 37.3 Å². The molecule has 0 radical (unpaired) electrons. The quantitative estimate of drug-likeness (QED) is 0.579. The van der Waals surface area contributed by atoms with Crippen LogP contribution in [0.25, 0.3) is 5.52 Å². The maximum Gasteiger partial charge on any atom is 0.329 e. The number of rotatable bonds is 5. The van der Waals surface area contributed by atoms with Crippen molar-refractivity contribution >= 4 is 23.1 Å². The molecule has 2 aromatic heterocycles. The van der Waals surface area contributed by atoms with Crippen LogP contribution in [-0.4, -0.2) is 63.7 Å². The number of aliphatic carboxylic acids is 1. The molecule has 1 aromatic carbocycles. The number of hydrogen-bond donors (Lipinski definition) is 2. The summed E-state index contributed by atoms with van der Waals surface area (Å²) < 4.78 is 29.9.